The van der Waals surface area contributed by atoms with Gasteiger partial charge in [-0.3, -0.25) is 4.79 Å². The Bertz CT molecular complexity index is 1010. The molecule has 11 heteroatoms. The van der Waals surface area contributed by atoms with E-state index in [-0.39, 0.29) is 30.1 Å². The molecule has 0 bridgehead atoms. The first-order chi connectivity index (χ1) is 14.2. The van der Waals surface area contributed by atoms with Crippen molar-refractivity contribution in [3.05, 3.63) is 77.4 Å². The molecule has 1 unspecified atom stereocenters. The fourth-order valence-electron chi connectivity index (χ4n) is 2.59. The molecule has 3 aromatic rings. The van der Waals surface area contributed by atoms with E-state index in [0.29, 0.717) is 5.56 Å². The van der Waals surface area contributed by atoms with Crippen LogP contribution in [0, 0.1) is 5.82 Å². The molecule has 30 heavy (non-hydrogen) atoms. The van der Waals surface area contributed by atoms with Gasteiger partial charge in [0.05, 0.1) is 12.7 Å². The number of aliphatic hydroxyl groups excluding tert-OH is 1. The van der Waals surface area contributed by atoms with Gasteiger partial charge in [0.25, 0.3) is 5.91 Å². The first-order valence-electron chi connectivity index (χ1n) is 8.67. The van der Waals surface area contributed by atoms with Gasteiger partial charge in [-0.05, 0) is 23.8 Å². The van der Waals surface area contributed by atoms with E-state index >= 15 is 0 Å². The summed E-state index contributed by atoms with van der Waals surface area (Å²) in [5.41, 5.74) is 0.602. The molecule has 2 N–H and O–H groups in total. The van der Waals surface area contributed by atoms with Crippen LogP contribution in [-0.2, 0) is 13.1 Å². The molecule has 2 aromatic carbocycles. The van der Waals surface area contributed by atoms with Crippen LogP contribution < -0.4 is 10.1 Å². The highest BCUT2D eigenvalue weighted by molar-refractivity contribution is 5.91. The van der Waals surface area contributed by atoms with Crippen LogP contribution in [0.25, 0.3) is 0 Å². The Labute approximate surface area is 167 Å². The molecule has 158 valence electrons. The maximum atomic E-state index is 13.7. The van der Waals surface area contributed by atoms with Gasteiger partial charge in [0, 0.05) is 12.1 Å². The number of amides is 1. The Balaban J connectivity index is 1.54. The Kier molecular flexibility index (Phi) is 6.31. The van der Waals surface area contributed by atoms with Gasteiger partial charge in [-0.2, -0.15) is 0 Å². The highest BCUT2D eigenvalue weighted by Crippen LogP contribution is 2.22. The van der Waals surface area contributed by atoms with Crippen LogP contribution in [0.2, 0.25) is 0 Å². The van der Waals surface area contributed by atoms with Crippen LogP contribution >= 0.6 is 0 Å². The minimum absolute atomic E-state index is 0.0345. The molecule has 1 aromatic heterocycles. The van der Waals surface area contributed by atoms with Crippen LogP contribution in [0.4, 0.5) is 17.6 Å². The maximum Gasteiger partial charge on any atom is 0.573 e. The molecule has 0 aliphatic rings. The van der Waals surface area contributed by atoms with E-state index < -0.39 is 24.2 Å². The van der Waals surface area contributed by atoms with Crippen molar-refractivity contribution in [3.63, 3.8) is 0 Å². The summed E-state index contributed by atoms with van der Waals surface area (Å²) >= 11 is 0. The summed E-state index contributed by atoms with van der Waals surface area (Å²) in [6.07, 6.45) is -4.66. The molecule has 0 radical (unpaired) electrons. The number of halogens is 4. The summed E-state index contributed by atoms with van der Waals surface area (Å²) in [6.45, 7) is -0.0717. The van der Waals surface area contributed by atoms with Gasteiger partial charge in [0.1, 0.15) is 17.7 Å². The second-order valence-corrected chi connectivity index (χ2v) is 6.24. The number of carbonyl (C=O) groups excluding carboxylic acids is 1. The fraction of sp³-hybridized carbons (Fsp3) is 0.211. The number of aromatic nitrogens is 3. The predicted molar refractivity (Wildman–Crippen MR) is 95.7 cm³/mol. The number of hydrogen-bond acceptors (Lipinski definition) is 5. The Morgan fingerprint density at radius 1 is 1.17 bits per heavy atom. The van der Waals surface area contributed by atoms with Crippen LogP contribution in [0.1, 0.15) is 27.7 Å². The Hall–Kier alpha value is -3.47. The maximum absolute atomic E-state index is 13.7. The lowest BCUT2D eigenvalue weighted by atomic mass is 10.1. The standard InChI is InChI=1S/C19H16F4N4O3/c20-15-4-2-1-3-14(15)17(28)11-27-10-16(25-26-27)18(29)24-9-12-5-7-13(8-6-12)30-19(21,22)23/h1-8,10,17,28H,9,11H2,(H,24,29). The van der Waals surface area contributed by atoms with Crippen molar-refractivity contribution in [1.82, 2.24) is 20.3 Å². The number of aliphatic hydroxyl groups is 1. The van der Waals surface area contributed by atoms with Gasteiger partial charge in [0.15, 0.2) is 5.69 Å². The average Bonchev–Trinajstić information content (AvgIpc) is 3.15. The quantitative estimate of drug-likeness (QED) is 0.570. The zero-order chi connectivity index (χ0) is 21.7. The van der Waals surface area contributed by atoms with Gasteiger partial charge in [-0.15, -0.1) is 18.3 Å². The third-order valence-corrected chi connectivity index (χ3v) is 4.01. The van der Waals surface area contributed by atoms with Crippen molar-refractivity contribution in [2.75, 3.05) is 0 Å². The van der Waals surface area contributed by atoms with Crippen LogP contribution in [0.3, 0.4) is 0 Å². The molecular weight excluding hydrogens is 408 g/mol. The van der Waals surface area contributed by atoms with E-state index in [1.807, 2.05) is 0 Å². The monoisotopic (exact) mass is 424 g/mol. The lowest BCUT2D eigenvalue weighted by Crippen LogP contribution is -2.23. The SMILES string of the molecule is O=C(NCc1ccc(OC(F)(F)F)cc1)c1cn(CC(O)c2ccccc2F)nn1. The van der Waals surface area contributed by atoms with E-state index in [1.165, 1.54) is 41.2 Å². The topological polar surface area (TPSA) is 89.3 Å². The average molecular weight is 424 g/mol. The highest BCUT2D eigenvalue weighted by Gasteiger charge is 2.30. The second-order valence-electron chi connectivity index (χ2n) is 6.24. The largest absolute Gasteiger partial charge is 0.573 e. The van der Waals surface area contributed by atoms with Crippen molar-refractivity contribution >= 4 is 5.91 Å². The lowest BCUT2D eigenvalue weighted by molar-refractivity contribution is -0.274. The summed E-state index contributed by atoms with van der Waals surface area (Å²) in [5, 5.41) is 20.1. The highest BCUT2D eigenvalue weighted by atomic mass is 19.4. The number of alkyl halides is 3. The molecule has 1 amide bonds. The minimum Gasteiger partial charge on any atom is -0.406 e. The molecule has 0 aliphatic heterocycles. The lowest BCUT2D eigenvalue weighted by Gasteiger charge is -2.11. The number of nitrogens with zero attached hydrogens (tertiary/aromatic N) is 3. The van der Waals surface area contributed by atoms with Gasteiger partial charge in [-0.25, -0.2) is 9.07 Å². The normalized spacial score (nSPS) is 12.4. The second kappa shape index (κ2) is 8.91. The van der Waals surface area contributed by atoms with E-state index in [1.54, 1.807) is 6.07 Å². The first kappa shape index (κ1) is 21.2. The zero-order valence-electron chi connectivity index (χ0n) is 15.3. The number of benzene rings is 2. The third-order valence-electron chi connectivity index (χ3n) is 4.01. The summed E-state index contributed by atoms with van der Waals surface area (Å²) < 4.78 is 55.1. The number of hydrogen-bond donors (Lipinski definition) is 2. The summed E-state index contributed by atoms with van der Waals surface area (Å²) in [7, 11) is 0. The molecule has 0 spiro atoms. The van der Waals surface area contributed by atoms with Crippen LogP contribution in [0.5, 0.6) is 5.75 Å². The number of nitrogens with one attached hydrogen (secondary N) is 1. The minimum atomic E-state index is -4.78. The summed E-state index contributed by atoms with van der Waals surface area (Å²) in [4.78, 5) is 12.2. The zero-order valence-corrected chi connectivity index (χ0v) is 15.3. The van der Waals surface area contributed by atoms with Gasteiger partial charge in [0.2, 0.25) is 0 Å². The Morgan fingerprint density at radius 3 is 2.53 bits per heavy atom. The number of rotatable bonds is 7. The van der Waals surface area contributed by atoms with E-state index in [0.717, 1.165) is 12.1 Å². The van der Waals surface area contributed by atoms with Crippen molar-refractivity contribution in [2.24, 2.45) is 0 Å². The van der Waals surface area contributed by atoms with Gasteiger partial charge in [-0.1, -0.05) is 35.5 Å². The van der Waals surface area contributed by atoms with E-state index in [9.17, 15) is 27.5 Å². The molecule has 0 fully saturated rings. The third kappa shape index (κ3) is 5.77. The van der Waals surface area contributed by atoms with Crippen molar-refractivity contribution in [2.45, 2.75) is 25.6 Å². The van der Waals surface area contributed by atoms with E-state index in [4.69, 9.17) is 0 Å². The number of ether oxygens (including phenoxy) is 1. The molecule has 0 saturated heterocycles. The fourth-order valence-corrected chi connectivity index (χ4v) is 2.59. The summed E-state index contributed by atoms with van der Waals surface area (Å²) in [5.74, 6) is -1.50. The number of carbonyl (C=O) groups is 1. The van der Waals surface area contributed by atoms with Crippen molar-refractivity contribution in [1.29, 1.82) is 0 Å². The van der Waals surface area contributed by atoms with Crippen molar-refractivity contribution in [3.8, 4) is 5.75 Å². The summed E-state index contributed by atoms with van der Waals surface area (Å²) in [6, 6.07) is 10.8. The molecule has 1 atom stereocenters. The van der Waals surface area contributed by atoms with Crippen LogP contribution in [0.15, 0.2) is 54.7 Å². The van der Waals surface area contributed by atoms with Crippen LogP contribution in [-0.4, -0.2) is 32.4 Å². The molecule has 7 nitrogen and oxygen atoms in total. The molecule has 0 aliphatic carbocycles. The molecule has 0 saturated carbocycles. The molecule has 1 heterocycles. The van der Waals surface area contributed by atoms with Crippen molar-refractivity contribution < 1.29 is 32.2 Å². The first-order valence-corrected chi connectivity index (χ1v) is 8.67. The molecule has 3 rings (SSSR count). The van der Waals surface area contributed by atoms with Gasteiger partial charge < -0.3 is 15.2 Å². The molecular formula is C19H16F4N4O3. The Morgan fingerprint density at radius 2 is 1.87 bits per heavy atom. The van der Waals surface area contributed by atoms with E-state index in [2.05, 4.69) is 20.4 Å². The van der Waals surface area contributed by atoms with Gasteiger partial charge >= 0.3 is 6.36 Å². The smallest absolute Gasteiger partial charge is 0.406 e. The predicted octanol–water partition coefficient (Wildman–Crippen LogP) is 2.98.